The smallest absolute Gasteiger partial charge is 0.252 e. The molecule has 0 fully saturated rings. The second-order valence-electron chi connectivity index (χ2n) is 5.63. The third-order valence-corrected chi connectivity index (χ3v) is 4.07. The summed E-state index contributed by atoms with van der Waals surface area (Å²) in [4.78, 5) is 20.7. The summed E-state index contributed by atoms with van der Waals surface area (Å²) in [6, 6.07) is 3.66. The topological polar surface area (TPSA) is 84.7 Å². The van der Waals surface area contributed by atoms with E-state index in [1.54, 1.807) is 10.9 Å². The van der Waals surface area contributed by atoms with Gasteiger partial charge in [-0.15, -0.1) is 0 Å². The number of hydrogen-bond acceptors (Lipinski definition) is 5. The van der Waals surface area contributed by atoms with Crippen molar-refractivity contribution in [2.75, 3.05) is 18.4 Å². The van der Waals surface area contributed by atoms with Crippen LogP contribution in [0.25, 0.3) is 11.0 Å². The summed E-state index contributed by atoms with van der Waals surface area (Å²) in [6.45, 7) is 3.64. The van der Waals surface area contributed by atoms with Gasteiger partial charge in [-0.3, -0.25) is 4.79 Å². The molecule has 0 saturated carbocycles. The molecule has 2 heterocycles. The van der Waals surface area contributed by atoms with Crippen molar-refractivity contribution >= 4 is 34.4 Å². The first-order valence-corrected chi connectivity index (χ1v) is 8.61. The fourth-order valence-electron chi connectivity index (χ4n) is 2.49. The van der Waals surface area contributed by atoms with Gasteiger partial charge in [0.2, 0.25) is 0 Å². The summed E-state index contributed by atoms with van der Waals surface area (Å²) < 4.78 is 14.8. The van der Waals surface area contributed by atoms with Crippen LogP contribution < -0.4 is 10.6 Å². The Hall–Kier alpha value is -2.74. The van der Waals surface area contributed by atoms with Crippen molar-refractivity contribution in [3.63, 3.8) is 0 Å². The van der Waals surface area contributed by atoms with Gasteiger partial charge in [0.15, 0.2) is 5.65 Å². The van der Waals surface area contributed by atoms with E-state index >= 15 is 0 Å². The molecule has 0 aliphatic heterocycles. The molecule has 9 heteroatoms. The number of nitrogens with zero attached hydrogens (tertiary/aromatic N) is 4. The lowest BCUT2D eigenvalue weighted by molar-refractivity contribution is 0.0952. The minimum atomic E-state index is -0.485. The molecule has 0 saturated heterocycles. The predicted molar refractivity (Wildman–Crippen MR) is 97.8 cm³/mol. The van der Waals surface area contributed by atoms with E-state index in [0.717, 1.165) is 30.2 Å². The number of benzene rings is 1. The maximum Gasteiger partial charge on any atom is 0.252 e. The van der Waals surface area contributed by atoms with Gasteiger partial charge in [0, 0.05) is 13.1 Å². The first-order valence-electron chi connectivity index (χ1n) is 8.23. The zero-order chi connectivity index (χ0) is 18.5. The molecule has 2 aromatic heterocycles. The lowest BCUT2D eigenvalue weighted by Gasteiger charge is -2.08. The number of halogens is 2. The van der Waals surface area contributed by atoms with Gasteiger partial charge in [0.25, 0.3) is 5.91 Å². The molecule has 2 N–H and O–H groups in total. The molecule has 0 atom stereocenters. The third kappa shape index (κ3) is 3.91. The van der Waals surface area contributed by atoms with Gasteiger partial charge in [-0.05, 0) is 24.6 Å². The highest BCUT2D eigenvalue weighted by Crippen LogP contribution is 2.19. The fourth-order valence-corrected chi connectivity index (χ4v) is 2.74. The van der Waals surface area contributed by atoms with Crippen LogP contribution in [0.15, 0.2) is 30.7 Å². The average molecular weight is 377 g/mol. The molecular weight excluding hydrogens is 359 g/mol. The number of hydrogen-bond donors (Lipinski definition) is 2. The van der Waals surface area contributed by atoms with Crippen LogP contribution in [0.4, 0.5) is 10.2 Å². The van der Waals surface area contributed by atoms with Crippen LogP contribution in [0.5, 0.6) is 0 Å². The van der Waals surface area contributed by atoms with E-state index in [9.17, 15) is 9.18 Å². The van der Waals surface area contributed by atoms with E-state index in [0.29, 0.717) is 18.7 Å². The maximum atomic E-state index is 13.1. The largest absolute Gasteiger partial charge is 0.369 e. The van der Waals surface area contributed by atoms with Crippen LogP contribution in [-0.2, 0) is 6.54 Å². The van der Waals surface area contributed by atoms with Crippen LogP contribution in [-0.4, -0.2) is 38.7 Å². The SMILES string of the molecule is CCCNc1ncnc2c1cnn2CCNC(=O)c1ccc(F)cc1Cl. The van der Waals surface area contributed by atoms with Crippen molar-refractivity contribution in [1.82, 2.24) is 25.1 Å². The summed E-state index contributed by atoms with van der Waals surface area (Å²) in [6.07, 6.45) is 4.17. The second kappa shape index (κ2) is 8.09. The van der Waals surface area contributed by atoms with Crippen molar-refractivity contribution in [1.29, 1.82) is 0 Å². The molecule has 0 bridgehead atoms. The summed E-state index contributed by atoms with van der Waals surface area (Å²) in [5, 5.41) is 11.2. The molecule has 0 aliphatic rings. The normalized spacial score (nSPS) is 10.9. The number of carbonyl (C=O) groups excluding carboxylic acids is 1. The predicted octanol–water partition coefficient (Wildman–Crippen LogP) is 2.87. The van der Waals surface area contributed by atoms with Crippen LogP contribution in [0.1, 0.15) is 23.7 Å². The fraction of sp³-hybridized carbons (Fsp3) is 0.294. The zero-order valence-corrected chi connectivity index (χ0v) is 14.9. The Labute approximate surface area is 154 Å². The average Bonchev–Trinajstić information content (AvgIpc) is 3.03. The number of carbonyl (C=O) groups is 1. The number of nitrogens with one attached hydrogen (secondary N) is 2. The van der Waals surface area contributed by atoms with Crippen molar-refractivity contribution in [2.45, 2.75) is 19.9 Å². The first-order chi connectivity index (χ1) is 12.6. The highest BCUT2D eigenvalue weighted by atomic mass is 35.5. The molecule has 26 heavy (non-hydrogen) atoms. The Bertz CT molecular complexity index is 929. The van der Waals surface area contributed by atoms with E-state index in [1.807, 2.05) is 0 Å². The van der Waals surface area contributed by atoms with Crippen LogP contribution >= 0.6 is 11.6 Å². The lowest BCUT2D eigenvalue weighted by atomic mass is 10.2. The molecule has 1 aromatic carbocycles. The van der Waals surface area contributed by atoms with Gasteiger partial charge in [-0.2, -0.15) is 5.10 Å². The number of amides is 1. The first kappa shape index (κ1) is 18.1. The van der Waals surface area contributed by atoms with Crippen molar-refractivity contribution in [3.05, 3.63) is 47.1 Å². The molecule has 0 unspecified atom stereocenters. The Kier molecular flexibility index (Phi) is 5.62. The van der Waals surface area contributed by atoms with Crippen LogP contribution in [0, 0.1) is 5.82 Å². The molecule has 136 valence electrons. The molecule has 3 aromatic rings. The Morgan fingerprint density at radius 1 is 1.31 bits per heavy atom. The molecule has 0 aliphatic carbocycles. The number of aromatic nitrogens is 4. The van der Waals surface area contributed by atoms with Gasteiger partial charge >= 0.3 is 0 Å². The van der Waals surface area contributed by atoms with E-state index in [4.69, 9.17) is 11.6 Å². The van der Waals surface area contributed by atoms with E-state index < -0.39 is 5.82 Å². The number of fused-ring (bicyclic) bond motifs is 1. The van der Waals surface area contributed by atoms with Crippen molar-refractivity contribution in [2.24, 2.45) is 0 Å². The minimum absolute atomic E-state index is 0.0754. The molecular formula is C17H18ClFN6O. The zero-order valence-electron chi connectivity index (χ0n) is 14.2. The standard InChI is InChI=1S/C17H18ClFN6O/c1-2-5-20-15-13-9-24-25(16(13)23-10-22-15)7-6-21-17(26)12-4-3-11(19)8-14(12)18/h3-4,8-10H,2,5-7H2,1H3,(H,21,26)(H,20,22,23). The van der Waals surface area contributed by atoms with Gasteiger partial charge in [0.05, 0.1) is 28.7 Å². The van der Waals surface area contributed by atoms with Crippen molar-refractivity contribution < 1.29 is 9.18 Å². The molecule has 0 radical (unpaired) electrons. The van der Waals surface area contributed by atoms with Crippen molar-refractivity contribution in [3.8, 4) is 0 Å². The minimum Gasteiger partial charge on any atom is -0.369 e. The highest BCUT2D eigenvalue weighted by Gasteiger charge is 2.12. The molecule has 1 amide bonds. The van der Waals surface area contributed by atoms with Gasteiger partial charge < -0.3 is 10.6 Å². The van der Waals surface area contributed by atoms with Gasteiger partial charge in [-0.1, -0.05) is 18.5 Å². The van der Waals surface area contributed by atoms with E-state index in [2.05, 4.69) is 32.6 Å². The molecule has 3 rings (SSSR count). The summed E-state index contributed by atoms with van der Waals surface area (Å²) in [5.41, 5.74) is 0.916. The Morgan fingerprint density at radius 3 is 2.92 bits per heavy atom. The molecule has 0 spiro atoms. The quantitative estimate of drug-likeness (QED) is 0.662. The third-order valence-electron chi connectivity index (χ3n) is 3.76. The van der Waals surface area contributed by atoms with E-state index in [-0.39, 0.29) is 16.5 Å². The van der Waals surface area contributed by atoms with Crippen LogP contribution in [0.2, 0.25) is 5.02 Å². The Morgan fingerprint density at radius 2 is 2.15 bits per heavy atom. The van der Waals surface area contributed by atoms with E-state index in [1.165, 1.54) is 18.5 Å². The van der Waals surface area contributed by atoms with Crippen LogP contribution in [0.3, 0.4) is 0 Å². The monoisotopic (exact) mass is 376 g/mol. The highest BCUT2D eigenvalue weighted by molar-refractivity contribution is 6.33. The summed E-state index contributed by atoms with van der Waals surface area (Å²) in [7, 11) is 0. The summed E-state index contributed by atoms with van der Waals surface area (Å²) in [5.74, 6) is -0.113. The van der Waals surface area contributed by atoms with Gasteiger partial charge in [-0.25, -0.2) is 19.0 Å². The number of anilines is 1. The molecule has 7 nitrogen and oxygen atoms in total. The second-order valence-corrected chi connectivity index (χ2v) is 6.04. The van der Waals surface area contributed by atoms with Gasteiger partial charge in [0.1, 0.15) is 18.0 Å². The maximum absolute atomic E-state index is 13.1. The number of rotatable bonds is 7. The Balaban J connectivity index is 1.65. The summed E-state index contributed by atoms with van der Waals surface area (Å²) >= 11 is 5.90. The lowest BCUT2D eigenvalue weighted by Crippen LogP contribution is -2.27.